The summed E-state index contributed by atoms with van der Waals surface area (Å²) >= 11 is 10.8. The van der Waals surface area contributed by atoms with Crippen molar-refractivity contribution in [3.05, 3.63) is 29.3 Å². The van der Waals surface area contributed by atoms with E-state index in [1.165, 1.54) is 0 Å². The van der Waals surface area contributed by atoms with Gasteiger partial charge >= 0.3 is 0 Å². The maximum atomic E-state index is 12.0. The van der Waals surface area contributed by atoms with Crippen molar-refractivity contribution < 1.29 is 9.59 Å². The summed E-state index contributed by atoms with van der Waals surface area (Å²) in [5.74, 6) is -0.628. The standard InChI is InChI=1S/C13H11N3O2S2/c14-7-3-1-2-6-10(7)13(20)16(12(6)19)8-4-5-9(17)15-11(8)18/h1-3,8H,4-5,14H2,(H,15,17,18)/t8-/m0/s1. The first-order valence-corrected chi connectivity index (χ1v) is 6.92. The minimum Gasteiger partial charge on any atom is -0.398 e. The molecule has 7 heteroatoms. The Kier molecular flexibility index (Phi) is 3.02. The molecule has 0 aliphatic carbocycles. The summed E-state index contributed by atoms with van der Waals surface area (Å²) in [6.45, 7) is 0. The SMILES string of the molecule is Nc1cccc2c1C(=S)N([C@H]1CCC(=O)NC1=O)C2=S. The monoisotopic (exact) mass is 305 g/mol. The van der Waals surface area contributed by atoms with Gasteiger partial charge in [-0.3, -0.25) is 14.9 Å². The lowest BCUT2D eigenvalue weighted by molar-refractivity contribution is -0.135. The second-order valence-electron chi connectivity index (χ2n) is 4.72. The molecule has 0 saturated carbocycles. The maximum Gasteiger partial charge on any atom is 0.249 e. The topological polar surface area (TPSA) is 75.4 Å². The molecule has 0 bridgehead atoms. The summed E-state index contributed by atoms with van der Waals surface area (Å²) in [6, 6.07) is 4.85. The van der Waals surface area contributed by atoms with Crippen LogP contribution in [0.5, 0.6) is 0 Å². The van der Waals surface area contributed by atoms with Gasteiger partial charge in [0.05, 0.1) is 0 Å². The molecule has 3 rings (SSSR count). The summed E-state index contributed by atoms with van der Waals surface area (Å²) in [7, 11) is 0. The number of imide groups is 1. The van der Waals surface area contributed by atoms with Crippen LogP contribution in [0.25, 0.3) is 0 Å². The lowest BCUT2D eigenvalue weighted by Crippen LogP contribution is -2.53. The molecule has 5 nitrogen and oxygen atoms in total. The maximum absolute atomic E-state index is 12.0. The number of nitrogens with one attached hydrogen (secondary N) is 1. The van der Waals surface area contributed by atoms with E-state index in [1.54, 1.807) is 17.0 Å². The van der Waals surface area contributed by atoms with Gasteiger partial charge in [0.1, 0.15) is 16.0 Å². The lowest BCUT2D eigenvalue weighted by Gasteiger charge is -2.30. The minimum absolute atomic E-state index is 0.265. The number of rotatable bonds is 1. The van der Waals surface area contributed by atoms with Crippen molar-refractivity contribution in [1.29, 1.82) is 0 Å². The number of benzene rings is 1. The third-order valence-electron chi connectivity index (χ3n) is 3.50. The van der Waals surface area contributed by atoms with Gasteiger partial charge in [-0.25, -0.2) is 0 Å². The van der Waals surface area contributed by atoms with Gasteiger partial charge in [0.2, 0.25) is 11.8 Å². The summed E-state index contributed by atoms with van der Waals surface area (Å²) < 4.78 is 0. The van der Waals surface area contributed by atoms with Crippen LogP contribution in [0.2, 0.25) is 0 Å². The summed E-state index contributed by atoms with van der Waals surface area (Å²) in [6.07, 6.45) is 0.683. The van der Waals surface area contributed by atoms with E-state index < -0.39 is 6.04 Å². The summed E-state index contributed by atoms with van der Waals surface area (Å²) in [4.78, 5) is 25.8. The molecule has 0 unspecified atom stereocenters. The number of thiocarbonyl (C=S) groups is 2. The smallest absolute Gasteiger partial charge is 0.249 e. The average Bonchev–Trinajstić information content (AvgIpc) is 2.64. The van der Waals surface area contributed by atoms with Gasteiger partial charge in [-0.15, -0.1) is 0 Å². The molecule has 1 atom stereocenters. The number of hydrogen-bond donors (Lipinski definition) is 2. The molecular weight excluding hydrogens is 294 g/mol. The Morgan fingerprint density at radius 2 is 2.00 bits per heavy atom. The van der Waals surface area contributed by atoms with E-state index in [4.69, 9.17) is 30.2 Å². The van der Waals surface area contributed by atoms with E-state index in [0.29, 0.717) is 27.6 Å². The molecule has 2 heterocycles. The van der Waals surface area contributed by atoms with Crippen molar-refractivity contribution in [2.45, 2.75) is 18.9 Å². The number of anilines is 1. The van der Waals surface area contributed by atoms with Gasteiger partial charge in [0.15, 0.2) is 0 Å². The van der Waals surface area contributed by atoms with Crippen molar-refractivity contribution in [2.24, 2.45) is 0 Å². The molecular formula is C13H11N3O2S2. The summed E-state index contributed by atoms with van der Waals surface area (Å²) in [5.41, 5.74) is 7.97. The van der Waals surface area contributed by atoms with Gasteiger partial charge in [-0.2, -0.15) is 0 Å². The third-order valence-corrected chi connectivity index (χ3v) is 4.32. The number of carbonyl (C=O) groups is 2. The lowest BCUT2D eigenvalue weighted by atomic mass is 10.0. The normalized spacial score (nSPS) is 22.0. The molecule has 1 saturated heterocycles. The first kappa shape index (κ1) is 13.1. The Morgan fingerprint density at radius 1 is 1.25 bits per heavy atom. The fourth-order valence-electron chi connectivity index (χ4n) is 2.54. The van der Waals surface area contributed by atoms with Crippen LogP contribution in [0, 0.1) is 0 Å². The minimum atomic E-state index is -0.542. The largest absolute Gasteiger partial charge is 0.398 e. The number of hydrogen-bond acceptors (Lipinski definition) is 5. The van der Waals surface area contributed by atoms with Crippen molar-refractivity contribution in [1.82, 2.24) is 10.2 Å². The molecule has 0 aromatic heterocycles. The Morgan fingerprint density at radius 3 is 2.65 bits per heavy atom. The zero-order valence-corrected chi connectivity index (χ0v) is 12.0. The molecule has 2 aliphatic heterocycles. The molecule has 1 fully saturated rings. The molecule has 1 aromatic rings. The quantitative estimate of drug-likeness (QED) is 0.453. The number of amides is 2. The van der Waals surface area contributed by atoms with Crippen LogP contribution in [0.15, 0.2) is 18.2 Å². The molecule has 1 aromatic carbocycles. The number of nitrogens with two attached hydrogens (primary N) is 1. The Hall–Kier alpha value is -1.86. The van der Waals surface area contributed by atoms with Gasteiger partial charge in [-0.05, 0) is 12.5 Å². The Labute approximate surface area is 126 Å². The second kappa shape index (κ2) is 4.60. The highest BCUT2D eigenvalue weighted by Crippen LogP contribution is 2.32. The Bertz CT molecular complexity index is 672. The average molecular weight is 305 g/mol. The first-order valence-electron chi connectivity index (χ1n) is 6.11. The highest BCUT2D eigenvalue weighted by atomic mass is 32.1. The summed E-state index contributed by atoms with van der Waals surface area (Å²) in [5, 5.41) is 2.32. The number of nitrogen functional groups attached to an aromatic ring is 1. The number of carbonyl (C=O) groups excluding carboxylic acids is 2. The van der Waals surface area contributed by atoms with Crippen LogP contribution in [0.3, 0.4) is 0 Å². The fraction of sp³-hybridized carbons (Fsp3) is 0.231. The predicted octanol–water partition coefficient (Wildman–Crippen LogP) is 0.741. The Balaban J connectivity index is 2.00. The van der Waals surface area contributed by atoms with E-state index in [2.05, 4.69) is 5.32 Å². The highest BCUT2D eigenvalue weighted by molar-refractivity contribution is 7.82. The second-order valence-corrected chi connectivity index (χ2v) is 5.49. The molecule has 102 valence electrons. The van der Waals surface area contributed by atoms with E-state index in [9.17, 15) is 9.59 Å². The number of piperidine rings is 1. The van der Waals surface area contributed by atoms with Crippen LogP contribution >= 0.6 is 24.4 Å². The molecule has 0 radical (unpaired) electrons. The van der Waals surface area contributed by atoms with Crippen LogP contribution in [-0.4, -0.2) is 32.7 Å². The zero-order valence-electron chi connectivity index (χ0n) is 10.4. The van der Waals surface area contributed by atoms with Crippen LogP contribution in [0.1, 0.15) is 24.0 Å². The zero-order chi connectivity index (χ0) is 14.4. The molecule has 2 amide bonds. The van der Waals surface area contributed by atoms with E-state index in [1.807, 2.05) is 6.07 Å². The van der Waals surface area contributed by atoms with E-state index in [0.717, 1.165) is 5.56 Å². The number of nitrogens with zero attached hydrogens (tertiary/aromatic N) is 1. The van der Waals surface area contributed by atoms with Gasteiger partial charge < -0.3 is 10.6 Å². The van der Waals surface area contributed by atoms with Crippen LogP contribution in [-0.2, 0) is 9.59 Å². The van der Waals surface area contributed by atoms with Crippen molar-refractivity contribution in [2.75, 3.05) is 5.73 Å². The molecule has 3 N–H and O–H groups in total. The highest BCUT2D eigenvalue weighted by Gasteiger charge is 2.40. The number of fused-ring (bicyclic) bond motifs is 1. The van der Waals surface area contributed by atoms with Gasteiger partial charge in [0.25, 0.3) is 0 Å². The van der Waals surface area contributed by atoms with Crippen molar-refractivity contribution in [3.63, 3.8) is 0 Å². The molecule has 0 spiro atoms. The van der Waals surface area contributed by atoms with E-state index in [-0.39, 0.29) is 18.2 Å². The van der Waals surface area contributed by atoms with Crippen molar-refractivity contribution >= 4 is 51.9 Å². The third kappa shape index (κ3) is 1.82. The molecule has 20 heavy (non-hydrogen) atoms. The fourth-order valence-corrected chi connectivity index (χ4v) is 3.43. The van der Waals surface area contributed by atoms with E-state index >= 15 is 0 Å². The van der Waals surface area contributed by atoms with Crippen LogP contribution < -0.4 is 11.1 Å². The first-order chi connectivity index (χ1) is 9.50. The van der Waals surface area contributed by atoms with Crippen molar-refractivity contribution in [3.8, 4) is 0 Å². The van der Waals surface area contributed by atoms with Gasteiger partial charge in [-0.1, -0.05) is 36.6 Å². The van der Waals surface area contributed by atoms with Crippen LogP contribution in [0.4, 0.5) is 5.69 Å². The molecule has 2 aliphatic rings. The predicted molar refractivity (Wildman–Crippen MR) is 82.3 cm³/mol. The van der Waals surface area contributed by atoms with Gasteiger partial charge in [0, 0.05) is 23.2 Å².